The lowest BCUT2D eigenvalue weighted by Crippen LogP contribution is -2.28. The molecule has 102 valence electrons. The van der Waals surface area contributed by atoms with E-state index in [2.05, 4.69) is 57.3 Å². The van der Waals surface area contributed by atoms with Gasteiger partial charge in [-0.2, -0.15) is 0 Å². The molecule has 0 saturated carbocycles. The zero-order valence-electron chi connectivity index (χ0n) is 12.9. The van der Waals surface area contributed by atoms with Gasteiger partial charge in [-0.3, -0.25) is 0 Å². The molecule has 0 aliphatic carbocycles. The van der Waals surface area contributed by atoms with Crippen molar-refractivity contribution < 1.29 is 0 Å². The van der Waals surface area contributed by atoms with Crippen LogP contribution in [0.1, 0.15) is 65.9 Å². The maximum atomic E-state index is 4.66. The van der Waals surface area contributed by atoms with Gasteiger partial charge < -0.3 is 4.57 Å². The highest BCUT2D eigenvalue weighted by molar-refractivity contribution is 5.14. The molecule has 0 saturated heterocycles. The van der Waals surface area contributed by atoms with Crippen LogP contribution in [0.5, 0.6) is 0 Å². The summed E-state index contributed by atoms with van der Waals surface area (Å²) in [6.45, 7) is 15.0. The monoisotopic (exact) mass is 248 g/mol. The predicted molar refractivity (Wildman–Crippen MR) is 76.8 cm³/mol. The van der Waals surface area contributed by atoms with Crippen molar-refractivity contribution in [1.82, 2.24) is 9.55 Å². The van der Waals surface area contributed by atoms with Crippen LogP contribution in [-0.2, 0) is 18.4 Å². The van der Waals surface area contributed by atoms with Crippen LogP contribution >= 0.6 is 0 Å². The molecule has 2 nitrogen and oxygen atoms in total. The molecule has 0 bridgehead atoms. The van der Waals surface area contributed by atoms with Gasteiger partial charge in [0.1, 0.15) is 5.82 Å². The molecule has 1 aliphatic rings. The normalized spacial score (nSPS) is 20.9. The molecule has 1 aromatic rings. The molecule has 18 heavy (non-hydrogen) atoms. The third-order valence-electron chi connectivity index (χ3n) is 3.76. The summed E-state index contributed by atoms with van der Waals surface area (Å²) >= 11 is 0. The number of imidazole rings is 1. The SMILES string of the molecule is CC(C)(C)CC1CCc2cnc(C(C)(C)C)n2C1. The second-order valence-electron chi connectivity index (χ2n) is 8.10. The molecule has 0 spiro atoms. The number of nitrogens with zero attached hydrogens (tertiary/aromatic N) is 2. The van der Waals surface area contributed by atoms with Crippen molar-refractivity contribution in [3.05, 3.63) is 17.7 Å². The Hall–Kier alpha value is -0.790. The molecule has 1 aliphatic heterocycles. The first-order chi connectivity index (χ1) is 8.17. The molecule has 2 heteroatoms. The summed E-state index contributed by atoms with van der Waals surface area (Å²) in [5.41, 5.74) is 2.03. The molecule has 2 rings (SSSR count). The second-order valence-corrected chi connectivity index (χ2v) is 8.10. The van der Waals surface area contributed by atoms with Crippen LogP contribution in [0.2, 0.25) is 0 Å². The lowest BCUT2D eigenvalue weighted by atomic mass is 9.81. The Bertz CT molecular complexity index is 415. The number of hydrogen-bond donors (Lipinski definition) is 0. The Labute approximate surface area is 112 Å². The van der Waals surface area contributed by atoms with Crippen molar-refractivity contribution in [2.75, 3.05) is 0 Å². The fraction of sp³-hybridized carbons (Fsp3) is 0.812. The highest BCUT2D eigenvalue weighted by atomic mass is 15.1. The van der Waals surface area contributed by atoms with Gasteiger partial charge in [-0.25, -0.2) is 4.98 Å². The number of aryl methyl sites for hydroxylation is 1. The van der Waals surface area contributed by atoms with E-state index in [9.17, 15) is 0 Å². The summed E-state index contributed by atoms with van der Waals surface area (Å²) in [7, 11) is 0. The van der Waals surface area contributed by atoms with Crippen LogP contribution in [0.4, 0.5) is 0 Å². The van der Waals surface area contributed by atoms with E-state index in [1.165, 1.54) is 37.3 Å². The van der Waals surface area contributed by atoms with E-state index in [0.717, 1.165) is 5.92 Å². The maximum Gasteiger partial charge on any atom is 0.114 e. The molecular formula is C16H28N2. The Kier molecular flexibility index (Phi) is 3.33. The number of hydrogen-bond acceptors (Lipinski definition) is 1. The molecule has 0 N–H and O–H groups in total. The van der Waals surface area contributed by atoms with Crippen molar-refractivity contribution in [2.45, 2.75) is 72.8 Å². The van der Waals surface area contributed by atoms with Gasteiger partial charge in [0.05, 0.1) is 0 Å². The lowest BCUT2D eigenvalue weighted by Gasteiger charge is -2.32. The molecule has 0 radical (unpaired) electrons. The van der Waals surface area contributed by atoms with E-state index >= 15 is 0 Å². The zero-order valence-corrected chi connectivity index (χ0v) is 12.9. The summed E-state index contributed by atoms with van der Waals surface area (Å²) in [6, 6.07) is 0. The van der Waals surface area contributed by atoms with Gasteiger partial charge in [-0.15, -0.1) is 0 Å². The Morgan fingerprint density at radius 3 is 2.44 bits per heavy atom. The number of fused-ring (bicyclic) bond motifs is 1. The highest BCUT2D eigenvalue weighted by Gasteiger charge is 2.28. The van der Waals surface area contributed by atoms with Crippen molar-refractivity contribution in [3.63, 3.8) is 0 Å². The average molecular weight is 248 g/mol. The van der Waals surface area contributed by atoms with Crippen LogP contribution in [0.15, 0.2) is 6.20 Å². The first-order valence-corrected chi connectivity index (χ1v) is 7.22. The third kappa shape index (κ3) is 2.96. The minimum Gasteiger partial charge on any atom is -0.331 e. The van der Waals surface area contributed by atoms with Gasteiger partial charge in [0, 0.05) is 23.9 Å². The minimum atomic E-state index is 0.155. The highest BCUT2D eigenvalue weighted by Crippen LogP contribution is 2.33. The topological polar surface area (TPSA) is 17.8 Å². The molecule has 1 unspecified atom stereocenters. The molecule has 1 aromatic heterocycles. The molecule has 0 amide bonds. The van der Waals surface area contributed by atoms with Crippen molar-refractivity contribution >= 4 is 0 Å². The Morgan fingerprint density at radius 1 is 1.22 bits per heavy atom. The van der Waals surface area contributed by atoms with Crippen LogP contribution in [0.3, 0.4) is 0 Å². The summed E-state index contributed by atoms with van der Waals surface area (Å²) in [5, 5.41) is 0. The van der Waals surface area contributed by atoms with Gasteiger partial charge in [0.15, 0.2) is 0 Å². The van der Waals surface area contributed by atoms with Gasteiger partial charge in [-0.05, 0) is 30.6 Å². The van der Waals surface area contributed by atoms with Crippen molar-refractivity contribution in [2.24, 2.45) is 11.3 Å². The van der Waals surface area contributed by atoms with Gasteiger partial charge >= 0.3 is 0 Å². The summed E-state index contributed by atoms with van der Waals surface area (Å²) in [6.07, 6.45) is 5.93. The van der Waals surface area contributed by atoms with Gasteiger partial charge in [0.25, 0.3) is 0 Å². The third-order valence-corrected chi connectivity index (χ3v) is 3.76. The quantitative estimate of drug-likeness (QED) is 0.729. The van der Waals surface area contributed by atoms with E-state index in [1.54, 1.807) is 0 Å². The fourth-order valence-electron chi connectivity index (χ4n) is 3.15. The fourth-order valence-corrected chi connectivity index (χ4v) is 3.15. The first-order valence-electron chi connectivity index (χ1n) is 7.22. The second kappa shape index (κ2) is 4.40. The van der Waals surface area contributed by atoms with Gasteiger partial charge in [-0.1, -0.05) is 41.5 Å². The van der Waals surface area contributed by atoms with Crippen LogP contribution in [-0.4, -0.2) is 9.55 Å². The molecular weight excluding hydrogens is 220 g/mol. The number of rotatable bonds is 1. The Balaban J connectivity index is 2.20. The van der Waals surface area contributed by atoms with Crippen molar-refractivity contribution in [3.8, 4) is 0 Å². The summed E-state index contributed by atoms with van der Waals surface area (Å²) in [4.78, 5) is 4.66. The molecule has 0 aromatic carbocycles. The van der Waals surface area contributed by atoms with E-state index in [0.29, 0.717) is 5.41 Å². The minimum absolute atomic E-state index is 0.155. The molecule has 1 atom stereocenters. The van der Waals surface area contributed by atoms with E-state index in [4.69, 9.17) is 0 Å². The van der Waals surface area contributed by atoms with Crippen molar-refractivity contribution in [1.29, 1.82) is 0 Å². The lowest BCUT2D eigenvalue weighted by molar-refractivity contribution is 0.237. The first kappa shape index (κ1) is 13.6. The molecule has 2 heterocycles. The van der Waals surface area contributed by atoms with E-state index < -0.39 is 0 Å². The summed E-state index contributed by atoms with van der Waals surface area (Å²) < 4.78 is 2.49. The van der Waals surface area contributed by atoms with Crippen LogP contribution in [0, 0.1) is 11.3 Å². The van der Waals surface area contributed by atoms with Gasteiger partial charge in [0.2, 0.25) is 0 Å². The van der Waals surface area contributed by atoms with E-state index in [-0.39, 0.29) is 5.41 Å². The standard InChI is InChI=1S/C16H28N2/c1-15(2,3)9-12-7-8-13-10-17-14(16(4,5)6)18(13)11-12/h10,12H,7-9,11H2,1-6H3. The smallest absolute Gasteiger partial charge is 0.114 e. The van der Waals surface area contributed by atoms with Crippen LogP contribution in [0.25, 0.3) is 0 Å². The largest absolute Gasteiger partial charge is 0.331 e. The zero-order chi connectivity index (χ0) is 13.6. The molecule has 0 fully saturated rings. The van der Waals surface area contributed by atoms with E-state index in [1.807, 2.05) is 0 Å². The number of aromatic nitrogens is 2. The Morgan fingerprint density at radius 2 is 1.89 bits per heavy atom. The maximum absolute atomic E-state index is 4.66. The summed E-state index contributed by atoms with van der Waals surface area (Å²) in [5.74, 6) is 2.07. The predicted octanol–water partition coefficient (Wildman–Crippen LogP) is 4.18. The average Bonchev–Trinajstić information content (AvgIpc) is 2.56. The van der Waals surface area contributed by atoms with Crippen LogP contribution < -0.4 is 0 Å².